The van der Waals surface area contributed by atoms with Crippen molar-refractivity contribution in [3.05, 3.63) is 63.9 Å². The predicted octanol–water partition coefficient (Wildman–Crippen LogP) is 2.76. The van der Waals surface area contributed by atoms with Gasteiger partial charge in [0.25, 0.3) is 0 Å². The van der Waals surface area contributed by atoms with Crippen LogP contribution in [0.4, 0.5) is 0 Å². The minimum Gasteiger partial charge on any atom is -0.481 e. The standard InChI is InChI=1S/C17H15ClN2.C4H6O4/c18-17-4-2-14-7-11-20-12-8-15(14)16(17)3-1-13-5-9-19-10-6-13;5-3(6)1-2-4(7)8/h2,4-6,9-10,20H,7-8,11-12H2;1-2H2,(H,5,6)(H,7,8). The molecule has 2 aromatic rings. The monoisotopic (exact) mass is 400 g/mol. The van der Waals surface area contributed by atoms with Gasteiger partial charge in [0.15, 0.2) is 0 Å². The van der Waals surface area contributed by atoms with Gasteiger partial charge in [-0.25, -0.2) is 0 Å². The fourth-order valence-corrected chi connectivity index (χ4v) is 2.89. The third-order valence-corrected chi connectivity index (χ3v) is 4.36. The van der Waals surface area contributed by atoms with Crippen LogP contribution in [0.1, 0.15) is 35.1 Å². The van der Waals surface area contributed by atoms with Gasteiger partial charge in [-0.1, -0.05) is 29.5 Å². The van der Waals surface area contributed by atoms with Gasteiger partial charge in [-0.2, -0.15) is 0 Å². The van der Waals surface area contributed by atoms with Crippen molar-refractivity contribution in [2.45, 2.75) is 25.7 Å². The van der Waals surface area contributed by atoms with Gasteiger partial charge in [0.1, 0.15) is 0 Å². The molecule has 0 fully saturated rings. The van der Waals surface area contributed by atoms with Crippen molar-refractivity contribution in [3.63, 3.8) is 0 Å². The van der Waals surface area contributed by atoms with E-state index in [1.54, 1.807) is 12.4 Å². The number of halogens is 1. The number of fused-ring (bicyclic) bond motifs is 1. The third-order valence-electron chi connectivity index (χ3n) is 4.05. The van der Waals surface area contributed by atoms with Crippen molar-refractivity contribution < 1.29 is 19.8 Å². The van der Waals surface area contributed by atoms with Gasteiger partial charge >= 0.3 is 11.9 Å². The Balaban J connectivity index is 0.000000300. The first kappa shape index (κ1) is 21.4. The van der Waals surface area contributed by atoms with Crippen molar-refractivity contribution >= 4 is 23.5 Å². The van der Waals surface area contributed by atoms with Crippen LogP contribution in [0.3, 0.4) is 0 Å². The van der Waals surface area contributed by atoms with Crippen LogP contribution in [-0.2, 0) is 22.4 Å². The van der Waals surface area contributed by atoms with Crippen LogP contribution >= 0.6 is 11.6 Å². The Labute approximate surface area is 168 Å². The van der Waals surface area contributed by atoms with Gasteiger partial charge in [-0.05, 0) is 55.3 Å². The highest BCUT2D eigenvalue weighted by molar-refractivity contribution is 6.31. The minimum absolute atomic E-state index is 0.296. The molecular weight excluding hydrogens is 380 g/mol. The third kappa shape index (κ3) is 7.03. The molecule has 0 saturated heterocycles. The molecule has 0 saturated carbocycles. The van der Waals surface area contributed by atoms with E-state index in [1.165, 1.54) is 11.1 Å². The van der Waals surface area contributed by atoms with Gasteiger partial charge in [0.2, 0.25) is 0 Å². The van der Waals surface area contributed by atoms with Gasteiger partial charge in [-0.15, -0.1) is 0 Å². The number of pyridine rings is 1. The summed E-state index contributed by atoms with van der Waals surface area (Å²) in [5, 5.41) is 20.0. The Bertz CT molecular complexity index is 875. The highest BCUT2D eigenvalue weighted by Gasteiger charge is 2.13. The predicted molar refractivity (Wildman–Crippen MR) is 106 cm³/mol. The maximum absolute atomic E-state index is 9.64. The van der Waals surface area contributed by atoms with Gasteiger partial charge in [0.05, 0.1) is 17.9 Å². The molecule has 0 spiro atoms. The topological polar surface area (TPSA) is 99.5 Å². The summed E-state index contributed by atoms with van der Waals surface area (Å²) in [7, 11) is 0. The number of nitrogens with one attached hydrogen (secondary N) is 1. The van der Waals surface area contributed by atoms with Gasteiger partial charge in [0, 0.05) is 23.5 Å². The Morgan fingerprint density at radius 2 is 1.64 bits per heavy atom. The zero-order valence-electron chi connectivity index (χ0n) is 15.2. The van der Waals surface area contributed by atoms with E-state index < -0.39 is 11.9 Å². The van der Waals surface area contributed by atoms with Crippen molar-refractivity contribution in [3.8, 4) is 11.8 Å². The smallest absolute Gasteiger partial charge is 0.303 e. The lowest BCUT2D eigenvalue weighted by Gasteiger charge is -2.09. The number of aromatic nitrogens is 1. The molecule has 1 aromatic heterocycles. The van der Waals surface area contributed by atoms with E-state index in [4.69, 9.17) is 21.8 Å². The van der Waals surface area contributed by atoms with Crippen LogP contribution in [0.15, 0.2) is 36.7 Å². The Kier molecular flexibility index (Phi) is 8.47. The Morgan fingerprint density at radius 1 is 1.00 bits per heavy atom. The molecule has 7 heteroatoms. The normalized spacial score (nSPS) is 12.3. The van der Waals surface area contributed by atoms with E-state index in [1.807, 2.05) is 18.2 Å². The molecular formula is C21H21ClN2O4. The van der Waals surface area contributed by atoms with Crippen LogP contribution in [0, 0.1) is 11.8 Å². The van der Waals surface area contributed by atoms with Crippen LogP contribution in [0.25, 0.3) is 0 Å². The van der Waals surface area contributed by atoms with E-state index >= 15 is 0 Å². The second kappa shape index (κ2) is 11.1. The summed E-state index contributed by atoms with van der Waals surface area (Å²) in [6.07, 6.45) is 4.93. The average Bonchev–Trinajstić information content (AvgIpc) is 2.92. The first-order valence-electron chi connectivity index (χ1n) is 8.84. The highest BCUT2D eigenvalue weighted by Crippen LogP contribution is 2.25. The number of carbonyl (C=O) groups is 2. The van der Waals surface area contributed by atoms with Crippen molar-refractivity contribution in [1.29, 1.82) is 0 Å². The second-order valence-electron chi connectivity index (χ2n) is 6.08. The molecule has 3 N–H and O–H groups in total. The van der Waals surface area contributed by atoms with E-state index in [2.05, 4.69) is 28.2 Å². The molecule has 1 aliphatic heterocycles. The molecule has 2 heterocycles. The average molecular weight is 401 g/mol. The molecule has 0 amide bonds. The van der Waals surface area contributed by atoms with Gasteiger partial charge in [-0.3, -0.25) is 14.6 Å². The number of nitrogens with zero attached hydrogens (tertiary/aromatic N) is 1. The van der Waals surface area contributed by atoms with Crippen LogP contribution < -0.4 is 5.32 Å². The molecule has 0 aliphatic carbocycles. The van der Waals surface area contributed by atoms with E-state index in [-0.39, 0.29) is 12.8 Å². The molecule has 0 atom stereocenters. The summed E-state index contributed by atoms with van der Waals surface area (Å²) >= 11 is 6.35. The Morgan fingerprint density at radius 3 is 2.29 bits per heavy atom. The van der Waals surface area contributed by atoms with E-state index in [0.29, 0.717) is 0 Å². The molecule has 0 bridgehead atoms. The second-order valence-corrected chi connectivity index (χ2v) is 6.49. The Hall–Kier alpha value is -2.88. The summed E-state index contributed by atoms with van der Waals surface area (Å²) in [5.74, 6) is 4.27. The van der Waals surface area contributed by atoms with Crippen LogP contribution in [-0.4, -0.2) is 40.2 Å². The summed E-state index contributed by atoms with van der Waals surface area (Å²) in [6.45, 7) is 2.00. The highest BCUT2D eigenvalue weighted by atomic mass is 35.5. The fourth-order valence-electron chi connectivity index (χ4n) is 2.66. The number of carboxylic acids is 2. The lowest BCUT2D eigenvalue weighted by Crippen LogP contribution is -2.16. The van der Waals surface area contributed by atoms with Crippen molar-refractivity contribution in [2.75, 3.05) is 13.1 Å². The van der Waals surface area contributed by atoms with E-state index in [0.717, 1.165) is 42.1 Å². The largest absolute Gasteiger partial charge is 0.481 e. The molecule has 6 nitrogen and oxygen atoms in total. The molecule has 1 aliphatic rings. The molecule has 28 heavy (non-hydrogen) atoms. The summed E-state index contributed by atoms with van der Waals surface area (Å²) < 4.78 is 0. The maximum Gasteiger partial charge on any atom is 0.303 e. The molecule has 1 aromatic carbocycles. The van der Waals surface area contributed by atoms with Crippen LogP contribution in [0.2, 0.25) is 5.02 Å². The fraction of sp³-hybridized carbons (Fsp3) is 0.286. The van der Waals surface area contributed by atoms with E-state index in [9.17, 15) is 9.59 Å². The first-order chi connectivity index (χ1) is 13.5. The number of rotatable bonds is 3. The van der Waals surface area contributed by atoms with Crippen molar-refractivity contribution in [1.82, 2.24) is 10.3 Å². The van der Waals surface area contributed by atoms with Gasteiger partial charge < -0.3 is 15.5 Å². The SMILES string of the molecule is Clc1ccc2c(c1C#Cc1ccncc1)CCNCC2.O=C(O)CCC(=O)O. The lowest BCUT2D eigenvalue weighted by atomic mass is 9.97. The number of aliphatic carboxylic acids is 2. The maximum atomic E-state index is 9.64. The molecule has 0 radical (unpaired) electrons. The van der Waals surface area contributed by atoms with Crippen molar-refractivity contribution in [2.24, 2.45) is 0 Å². The zero-order chi connectivity index (χ0) is 20.4. The lowest BCUT2D eigenvalue weighted by molar-refractivity contribution is -0.143. The quantitative estimate of drug-likeness (QED) is 0.685. The minimum atomic E-state index is -1.08. The number of carboxylic acid groups (broad SMARTS) is 2. The van der Waals surface area contributed by atoms with Crippen LogP contribution in [0.5, 0.6) is 0 Å². The molecule has 146 valence electrons. The summed E-state index contributed by atoms with van der Waals surface area (Å²) in [4.78, 5) is 23.3. The number of hydrogen-bond donors (Lipinski definition) is 3. The number of benzene rings is 1. The summed E-state index contributed by atoms with van der Waals surface area (Å²) in [6, 6.07) is 7.90. The summed E-state index contributed by atoms with van der Waals surface area (Å²) in [5.41, 5.74) is 4.59. The number of hydrogen-bond acceptors (Lipinski definition) is 4. The first-order valence-corrected chi connectivity index (χ1v) is 9.21. The molecule has 0 unspecified atom stereocenters. The molecule has 3 rings (SSSR count). The zero-order valence-corrected chi connectivity index (χ0v) is 16.0.